The van der Waals surface area contributed by atoms with E-state index >= 15 is 0 Å². The number of nitrogens with zero attached hydrogens (tertiary/aromatic N) is 2. The molecule has 2 aromatic rings. The number of benzene rings is 1. The molecule has 3 heteroatoms. The summed E-state index contributed by atoms with van der Waals surface area (Å²) in [5.74, 6) is 0.589. The predicted octanol–water partition coefficient (Wildman–Crippen LogP) is 2.76. The molecule has 0 aliphatic rings. The molecule has 1 aromatic heterocycles. The zero-order chi connectivity index (χ0) is 12.6. The fraction of sp³-hybridized carbons (Fsp3) is 0.333. The van der Waals surface area contributed by atoms with Crippen molar-refractivity contribution < 1.29 is 0 Å². The maximum Gasteiger partial charge on any atom is 0.115 e. The number of aromatic nitrogens is 2. The van der Waals surface area contributed by atoms with Gasteiger partial charge in [0.1, 0.15) is 6.33 Å². The van der Waals surface area contributed by atoms with Crippen LogP contribution in [0.2, 0.25) is 0 Å². The van der Waals surface area contributed by atoms with Gasteiger partial charge in [0.05, 0.1) is 0 Å². The van der Waals surface area contributed by atoms with E-state index in [1.54, 1.807) is 6.33 Å². The van der Waals surface area contributed by atoms with Crippen LogP contribution < -0.4 is 5.32 Å². The van der Waals surface area contributed by atoms with Gasteiger partial charge >= 0.3 is 0 Å². The fourth-order valence-electron chi connectivity index (χ4n) is 1.92. The average molecular weight is 241 g/mol. The van der Waals surface area contributed by atoms with Gasteiger partial charge in [0.25, 0.3) is 0 Å². The first-order valence-electron chi connectivity index (χ1n) is 6.36. The summed E-state index contributed by atoms with van der Waals surface area (Å²) < 4.78 is 0. The highest BCUT2D eigenvalue weighted by Crippen LogP contribution is 2.17. The first-order chi connectivity index (χ1) is 8.86. The fourth-order valence-corrected chi connectivity index (χ4v) is 1.92. The summed E-state index contributed by atoms with van der Waals surface area (Å²) in [5.41, 5.74) is 2.53. The highest BCUT2D eigenvalue weighted by atomic mass is 14.9. The van der Waals surface area contributed by atoms with Crippen molar-refractivity contribution in [3.05, 3.63) is 60.2 Å². The third kappa shape index (κ3) is 3.93. The molecule has 0 aliphatic carbocycles. The van der Waals surface area contributed by atoms with Gasteiger partial charge in [-0.05, 0) is 24.4 Å². The third-order valence-corrected chi connectivity index (χ3v) is 3.07. The molecule has 1 atom stereocenters. The summed E-state index contributed by atoms with van der Waals surface area (Å²) in [6, 6.07) is 10.6. The van der Waals surface area contributed by atoms with Crippen molar-refractivity contribution in [3.8, 4) is 0 Å². The van der Waals surface area contributed by atoms with Gasteiger partial charge in [-0.3, -0.25) is 0 Å². The first-order valence-corrected chi connectivity index (χ1v) is 6.36. The molecule has 1 unspecified atom stereocenters. The topological polar surface area (TPSA) is 37.8 Å². The van der Waals surface area contributed by atoms with E-state index in [1.807, 2.05) is 12.4 Å². The van der Waals surface area contributed by atoms with Gasteiger partial charge in [0.2, 0.25) is 0 Å². The monoisotopic (exact) mass is 241 g/mol. The predicted molar refractivity (Wildman–Crippen MR) is 73.2 cm³/mol. The maximum atomic E-state index is 3.99. The van der Waals surface area contributed by atoms with Crippen LogP contribution in [0.1, 0.15) is 30.4 Å². The SMILES string of the molecule is CC(CCNCc1cncnc1)c1ccccc1. The Bertz CT molecular complexity index is 442. The van der Waals surface area contributed by atoms with Crippen LogP contribution in [0.5, 0.6) is 0 Å². The van der Waals surface area contributed by atoms with E-state index in [0.29, 0.717) is 5.92 Å². The lowest BCUT2D eigenvalue weighted by molar-refractivity contribution is 0.593. The van der Waals surface area contributed by atoms with Crippen LogP contribution in [0, 0.1) is 0 Å². The van der Waals surface area contributed by atoms with Crippen LogP contribution in [-0.4, -0.2) is 16.5 Å². The number of hydrogen-bond donors (Lipinski definition) is 1. The van der Waals surface area contributed by atoms with Gasteiger partial charge in [-0.25, -0.2) is 9.97 Å². The van der Waals surface area contributed by atoms with Gasteiger partial charge in [-0.2, -0.15) is 0 Å². The minimum Gasteiger partial charge on any atom is -0.313 e. The Morgan fingerprint density at radius 2 is 1.83 bits per heavy atom. The minimum atomic E-state index is 0.589. The van der Waals surface area contributed by atoms with Crippen molar-refractivity contribution in [2.75, 3.05) is 6.54 Å². The largest absolute Gasteiger partial charge is 0.313 e. The van der Waals surface area contributed by atoms with Crippen molar-refractivity contribution >= 4 is 0 Å². The van der Waals surface area contributed by atoms with Crippen LogP contribution in [0.25, 0.3) is 0 Å². The quantitative estimate of drug-likeness (QED) is 0.790. The van der Waals surface area contributed by atoms with E-state index < -0.39 is 0 Å². The van der Waals surface area contributed by atoms with Gasteiger partial charge in [0, 0.05) is 24.5 Å². The average Bonchev–Trinajstić information content (AvgIpc) is 2.45. The summed E-state index contributed by atoms with van der Waals surface area (Å²) in [4.78, 5) is 7.99. The van der Waals surface area contributed by atoms with Crippen molar-refractivity contribution in [2.45, 2.75) is 25.8 Å². The molecule has 0 fully saturated rings. The Hall–Kier alpha value is -1.74. The summed E-state index contributed by atoms with van der Waals surface area (Å²) >= 11 is 0. The van der Waals surface area contributed by atoms with Gasteiger partial charge in [-0.15, -0.1) is 0 Å². The lowest BCUT2D eigenvalue weighted by Gasteiger charge is -2.12. The van der Waals surface area contributed by atoms with Gasteiger partial charge in [0.15, 0.2) is 0 Å². The van der Waals surface area contributed by atoms with E-state index in [4.69, 9.17) is 0 Å². The smallest absolute Gasteiger partial charge is 0.115 e. The summed E-state index contributed by atoms with van der Waals surface area (Å²) in [7, 11) is 0. The van der Waals surface area contributed by atoms with Gasteiger partial charge < -0.3 is 5.32 Å². The van der Waals surface area contributed by atoms with Crippen LogP contribution in [0.4, 0.5) is 0 Å². The number of hydrogen-bond acceptors (Lipinski definition) is 3. The second-order valence-electron chi connectivity index (χ2n) is 4.52. The second-order valence-corrected chi connectivity index (χ2v) is 4.52. The normalized spacial score (nSPS) is 12.3. The molecule has 0 radical (unpaired) electrons. The molecule has 3 nitrogen and oxygen atoms in total. The molecule has 1 heterocycles. The zero-order valence-electron chi connectivity index (χ0n) is 10.7. The molecule has 2 rings (SSSR count). The zero-order valence-corrected chi connectivity index (χ0v) is 10.7. The summed E-state index contributed by atoms with van der Waals surface area (Å²) in [5, 5.41) is 3.42. The lowest BCUT2D eigenvalue weighted by Crippen LogP contribution is -2.16. The highest BCUT2D eigenvalue weighted by Gasteiger charge is 2.03. The Morgan fingerprint density at radius 1 is 1.11 bits per heavy atom. The lowest BCUT2D eigenvalue weighted by atomic mass is 9.98. The molecule has 0 saturated carbocycles. The van der Waals surface area contributed by atoms with Crippen LogP contribution in [0.15, 0.2) is 49.1 Å². The van der Waals surface area contributed by atoms with Gasteiger partial charge in [-0.1, -0.05) is 37.3 Å². The van der Waals surface area contributed by atoms with Crippen molar-refractivity contribution in [1.29, 1.82) is 0 Å². The van der Waals surface area contributed by atoms with E-state index in [2.05, 4.69) is 52.5 Å². The first kappa shape index (κ1) is 12.7. The standard InChI is InChI=1S/C15H19N3/c1-13(15-5-3-2-4-6-15)7-8-16-9-14-10-17-12-18-11-14/h2-6,10-13,16H,7-9H2,1H3. The van der Waals surface area contributed by atoms with Crippen LogP contribution in [0.3, 0.4) is 0 Å². The van der Waals surface area contributed by atoms with E-state index in [9.17, 15) is 0 Å². The molecule has 0 amide bonds. The molecule has 0 bridgehead atoms. The minimum absolute atomic E-state index is 0.589. The summed E-state index contributed by atoms with van der Waals surface area (Å²) in [6.07, 6.45) is 6.39. The summed E-state index contributed by atoms with van der Waals surface area (Å²) in [6.45, 7) is 4.11. The molecule has 1 N–H and O–H groups in total. The van der Waals surface area contributed by atoms with Crippen molar-refractivity contribution in [1.82, 2.24) is 15.3 Å². The molecule has 0 aliphatic heterocycles. The Balaban J connectivity index is 1.70. The van der Waals surface area contributed by atoms with E-state index in [0.717, 1.165) is 25.1 Å². The van der Waals surface area contributed by atoms with Crippen molar-refractivity contribution in [2.24, 2.45) is 0 Å². The Labute approximate surface area is 108 Å². The second kappa shape index (κ2) is 6.87. The molecule has 0 saturated heterocycles. The molecule has 18 heavy (non-hydrogen) atoms. The molecule has 0 spiro atoms. The van der Waals surface area contributed by atoms with E-state index in [-0.39, 0.29) is 0 Å². The third-order valence-electron chi connectivity index (χ3n) is 3.07. The Morgan fingerprint density at radius 3 is 2.56 bits per heavy atom. The molecule has 94 valence electrons. The van der Waals surface area contributed by atoms with E-state index in [1.165, 1.54) is 5.56 Å². The number of nitrogens with one attached hydrogen (secondary N) is 1. The van der Waals surface area contributed by atoms with Crippen LogP contribution in [-0.2, 0) is 6.54 Å². The Kier molecular flexibility index (Phi) is 4.85. The highest BCUT2D eigenvalue weighted by molar-refractivity contribution is 5.18. The molecular weight excluding hydrogens is 222 g/mol. The maximum absolute atomic E-state index is 3.99. The molecular formula is C15H19N3. The van der Waals surface area contributed by atoms with Crippen molar-refractivity contribution in [3.63, 3.8) is 0 Å². The van der Waals surface area contributed by atoms with Crippen LogP contribution >= 0.6 is 0 Å². The number of rotatable bonds is 6. The molecule has 1 aromatic carbocycles.